The molecule has 10 heteroatoms. The Morgan fingerprint density at radius 2 is 2.09 bits per heavy atom. The second-order valence-electron chi connectivity index (χ2n) is 8.61. The molecule has 2 aromatic heterocycles. The topological polar surface area (TPSA) is 94.3 Å². The Labute approximate surface area is 195 Å². The number of Topliss-reactive ketones (excluding diaryl/α,β-unsaturated/α-hetero) is 1. The van der Waals surface area contributed by atoms with Gasteiger partial charge in [-0.1, -0.05) is 11.3 Å². The fraction of sp³-hybridized carbons (Fsp3) is 0.375. The van der Waals surface area contributed by atoms with Crippen molar-refractivity contribution in [2.75, 3.05) is 12.4 Å². The van der Waals surface area contributed by atoms with Gasteiger partial charge < -0.3 is 10.1 Å². The number of nitrogens with one attached hydrogen (secondary N) is 1. The first-order chi connectivity index (χ1) is 16.4. The average Bonchev–Trinajstić information content (AvgIpc) is 3.49. The minimum atomic E-state index is -2.67. The Balaban J connectivity index is 1.56. The summed E-state index contributed by atoms with van der Waals surface area (Å²) in [6, 6.07) is 7.27. The van der Waals surface area contributed by atoms with Crippen LogP contribution in [-0.4, -0.2) is 45.0 Å². The molecule has 0 unspecified atom stereocenters. The number of benzene rings is 1. The second-order valence-corrected chi connectivity index (χ2v) is 8.61. The minimum Gasteiger partial charge on any atom is -0.494 e. The van der Waals surface area contributed by atoms with E-state index in [1.54, 1.807) is 17.9 Å². The van der Waals surface area contributed by atoms with E-state index in [0.717, 1.165) is 24.1 Å². The first kappa shape index (κ1) is 22.1. The second kappa shape index (κ2) is 8.58. The number of pyridine rings is 1. The van der Waals surface area contributed by atoms with Crippen molar-refractivity contribution in [2.24, 2.45) is 18.0 Å². The molecule has 1 aromatic carbocycles. The zero-order valence-corrected chi connectivity index (χ0v) is 19.1. The van der Waals surface area contributed by atoms with Crippen LogP contribution in [0.5, 0.6) is 5.75 Å². The first-order valence-electron chi connectivity index (χ1n) is 11.1. The number of halogens is 2. The van der Waals surface area contributed by atoms with Gasteiger partial charge in [0.1, 0.15) is 17.2 Å². The zero-order chi connectivity index (χ0) is 24.0. The number of hydrogen-bond donors (Lipinski definition) is 1. The highest BCUT2D eigenvalue weighted by Crippen LogP contribution is 2.42. The number of para-hydroxylation sites is 1. The number of ether oxygens (including phenoxy) is 1. The number of methoxy groups -OCH3 is 1. The highest BCUT2D eigenvalue weighted by molar-refractivity contribution is 5.99. The van der Waals surface area contributed by atoms with E-state index in [-0.39, 0.29) is 30.3 Å². The van der Waals surface area contributed by atoms with Crippen molar-refractivity contribution in [1.29, 1.82) is 0 Å². The average molecular weight is 466 g/mol. The number of fused-ring (bicyclic) bond motifs is 1. The van der Waals surface area contributed by atoms with Gasteiger partial charge >= 0.3 is 0 Å². The Morgan fingerprint density at radius 3 is 2.74 bits per heavy atom. The summed E-state index contributed by atoms with van der Waals surface area (Å²) in [7, 11) is 3.36. The van der Waals surface area contributed by atoms with Gasteiger partial charge in [-0.25, -0.2) is 13.8 Å². The van der Waals surface area contributed by atoms with Crippen molar-refractivity contribution >= 4 is 28.6 Å². The Hall–Kier alpha value is -3.69. The van der Waals surface area contributed by atoms with Crippen LogP contribution in [0.4, 0.5) is 25.8 Å². The smallest absolute Gasteiger partial charge is 0.277 e. The van der Waals surface area contributed by atoms with Crippen LogP contribution in [0.3, 0.4) is 0 Å². The van der Waals surface area contributed by atoms with Crippen molar-refractivity contribution in [3.63, 3.8) is 0 Å². The van der Waals surface area contributed by atoms with Gasteiger partial charge in [0, 0.05) is 31.4 Å². The lowest BCUT2D eigenvalue weighted by Crippen LogP contribution is -2.11. The summed E-state index contributed by atoms with van der Waals surface area (Å²) in [5.41, 5.74) is 4.52. The molecule has 3 heterocycles. The van der Waals surface area contributed by atoms with Crippen LogP contribution in [0.15, 0.2) is 29.3 Å². The van der Waals surface area contributed by atoms with Gasteiger partial charge in [0.05, 0.1) is 41.3 Å². The van der Waals surface area contributed by atoms with E-state index in [9.17, 15) is 13.6 Å². The first-order valence-corrected chi connectivity index (χ1v) is 11.1. The van der Waals surface area contributed by atoms with Gasteiger partial charge in [0.2, 0.25) is 0 Å². The van der Waals surface area contributed by atoms with Crippen LogP contribution in [0, 0.1) is 12.8 Å². The summed E-state index contributed by atoms with van der Waals surface area (Å²) in [5, 5.41) is 11.6. The van der Waals surface area contributed by atoms with E-state index in [0.29, 0.717) is 39.9 Å². The lowest BCUT2D eigenvalue weighted by atomic mass is 10.1. The maximum Gasteiger partial charge on any atom is 0.277 e. The van der Waals surface area contributed by atoms with Crippen molar-refractivity contribution < 1.29 is 18.3 Å². The minimum absolute atomic E-state index is 0.0386. The molecule has 1 aliphatic carbocycles. The molecule has 5 rings (SSSR count). The fourth-order valence-corrected chi connectivity index (χ4v) is 4.13. The van der Waals surface area contributed by atoms with Crippen LogP contribution in [0.2, 0.25) is 0 Å². The molecular formula is C24H24F2N6O2. The van der Waals surface area contributed by atoms with Crippen LogP contribution in [0.25, 0.3) is 11.3 Å². The van der Waals surface area contributed by atoms with E-state index < -0.39 is 6.43 Å². The van der Waals surface area contributed by atoms with Crippen LogP contribution >= 0.6 is 0 Å². The molecule has 0 amide bonds. The Bertz CT molecular complexity index is 1310. The number of hydrogen-bond acceptors (Lipinski definition) is 7. The maximum absolute atomic E-state index is 13.4. The van der Waals surface area contributed by atoms with Crippen LogP contribution < -0.4 is 10.1 Å². The molecule has 0 spiro atoms. The summed E-state index contributed by atoms with van der Waals surface area (Å²) >= 11 is 0. The Kier molecular flexibility index (Phi) is 5.59. The van der Waals surface area contributed by atoms with Crippen molar-refractivity contribution in [3.05, 3.63) is 41.3 Å². The summed E-state index contributed by atoms with van der Waals surface area (Å²) in [4.78, 5) is 21.1. The third kappa shape index (κ3) is 4.04. The summed E-state index contributed by atoms with van der Waals surface area (Å²) in [6.07, 6.45) is -0.731. The molecule has 1 fully saturated rings. The molecule has 2 aliphatic rings. The molecule has 8 nitrogen and oxygen atoms in total. The quantitative estimate of drug-likeness (QED) is 0.530. The highest BCUT2D eigenvalue weighted by atomic mass is 19.3. The lowest BCUT2D eigenvalue weighted by Gasteiger charge is -2.16. The normalized spacial score (nSPS) is 14.8. The third-order valence-electron chi connectivity index (χ3n) is 6.21. The summed E-state index contributed by atoms with van der Waals surface area (Å²) in [5.74, 6) is 0.749. The number of aromatic nitrogens is 4. The van der Waals surface area contributed by atoms with E-state index in [4.69, 9.17) is 4.74 Å². The molecule has 1 saturated carbocycles. The van der Waals surface area contributed by atoms with Gasteiger partial charge in [-0.2, -0.15) is 0 Å². The molecule has 3 aromatic rings. The predicted molar refractivity (Wildman–Crippen MR) is 123 cm³/mol. The van der Waals surface area contributed by atoms with E-state index in [1.807, 2.05) is 32.2 Å². The number of carbonyl (C=O) groups excluding carboxylic acids is 1. The predicted octanol–water partition coefficient (Wildman–Crippen LogP) is 4.35. The van der Waals surface area contributed by atoms with Crippen molar-refractivity contribution in [2.45, 2.75) is 39.0 Å². The molecule has 34 heavy (non-hydrogen) atoms. The SMILES string of the molecule is COc1c(Nc2cc(CC(=O)C3CC3)nc3c2N=C(C(F)F)C3)cccc1-c1nnn(C)c1C. The summed E-state index contributed by atoms with van der Waals surface area (Å²) < 4.78 is 34.2. The van der Waals surface area contributed by atoms with Crippen LogP contribution in [-0.2, 0) is 24.7 Å². The molecule has 176 valence electrons. The maximum atomic E-state index is 13.4. The Morgan fingerprint density at radius 1 is 1.29 bits per heavy atom. The molecule has 1 aliphatic heterocycles. The molecule has 0 radical (unpaired) electrons. The number of nitrogens with zero attached hydrogens (tertiary/aromatic N) is 5. The monoisotopic (exact) mass is 466 g/mol. The van der Waals surface area contributed by atoms with E-state index in [2.05, 4.69) is 25.6 Å². The van der Waals surface area contributed by atoms with Gasteiger partial charge in [-0.05, 0) is 38.0 Å². The molecular weight excluding hydrogens is 442 g/mol. The lowest BCUT2D eigenvalue weighted by molar-refractivity contribution is -0.119. The number of carbonyl (C=O) groups is 1. The number of aliphatic imine (C=N–C) groups is 1. The van der Waals surface area contributed by atoms with Gasteiger partial charge in [0.25, 0.3) is 6.43 Å². The largest absolute Gasteiger partial charge is 0.494 e. The molecule has 1 N–H and O–H groups in total. The van der Waals surface area contributed by atoms with E-state index in [1.165, 1.54) is 0 Å². The van der Waals surface area contributed by atoms with E-state index >= 15 is 0 Å². The van der Waals surface area contributed by atoms with Gasteiger partial charge in [0.15, 0.2) is 5.75 Å². The van der Waals surface area contributed by atoms with Crippen molar-refractivity contribution in [1.82, 2.24) is 20.0 Å². The van der Waals surface area contributed by atoms with Gasteiger partial charge in [-0.3, -0.25) is 14.5 Å². The fourth-order valence-electron chi connectivity index (χ4n) is 4.13. The van der Waals surface area contributed by atoms with Gasteiger partial charge in [-0.15, -0.1) is 5.10 Å². The number of alkyl halides is 2. The summed E-state index contributed by atoms with van der Waals surface area (Å²) in [6.45, 7) is 1.91. The number of ketones is 1. The number of anilines is 2. The molecule has 0 atom stereocenters. The third-order valence-corrected chi connectivity index (χ3v) is 6.21. The van der Waals surface area contributed by atoms with Crippen molar-refractivity contribution in [3.8, 4) is 17.0 Å². The standard InChI is InChI=1S/C24H24F2N6O2/c1-12-21(30-31-32(12)2)15-5-4-6-16(23(15)34-3)28-17-9-14(10-20(33)13-7-8-13)27-18-11-19(24(25)26)29-22(17)18/h4-6,9,13,24H,7-8,10-11H2,1-3H3,(H,27,28). The number of rotatable bonds is 8. The van der Waals surface area contributed by atoms with Crippen LogP contribution in [0.1, 0.15) is 29.9 Å². The zero-order valence-electron chi connectivity index (χ0n) is 19.1. The molecule has 0 bridgehead atoms. The highest BCUT2D eigenvalue weighted by Gasteiger charge is 2.31. The molecule has 0 saturated heterocycles. The number of aryl methyl sites for hydroxylation is 1.